The molecule has 0 radical (unpaired) electrons. The fraction of sp³-hybridized carbons (Fsp3) is 0.857. The molecule has 5 rings (SSSR count). The largest absolute Gasteiger partial charge is 0.333 e. The van der Waals surface area contributed by atoms with Gasteiger partial charge < -0.3 is 10.6 Å². The van der Waals surface area contributed by atoms with E-state index < -0.39 is 0 Å². The fourth-order valence-electron chi connectivity index (χ4n) is 5.15. The molecule has 3 N–H and O–H groups in total. The van der Waals surface area contributed by atoms with Crippen LogP contribution in [0.1, 0.15) is 57.3 Å². The van der Waals surface area contributed by atoms with Crippen molar-refractivity contribution in [3.8, 4) is 0 Å². The van der Waals surface area contributed by atoms with Crippen LogP contribution < -0.4 is 10.6 Å². The summed E-state index contributed by atoms with van der Waals surface area (Å²) in [7, 11) is 0. The lowest BCUT2D eigenvalue weighted by Crippen LogP contribution is -2.61. The van der Waals surface area contributed by atoms with Gasteiger partial charge in [0.2, 0.25) is 0 Å². The molecule has 21 heavy (non-hydrogen) atoms. The van der Waals surface area contributed by atoms with Gasteiger partial charge in [-0.25, -0.2) is 4.79 Å². The third-order valence-electron chi connectivity index (χ3n) is 5.51. The number of aromatic amines is 1. The molecule has 0 aliphatic heterocycles. The number of urea groups is 1. The Kier molecular flexibility index (Phi) is 2.90. The Morgan fingerprint density at radius 2 is 1.86 bits per heavy atom. The summed E-state index contributed by atoms with van der Waals surface area (Å²) in [6.07, 6.45) is 7.60. The van der Waals surface area contributed by atoms with Gasteiger partial charge in [0.1, 0.15) is 0 Å². The Hall–Kier alpha value is -1.66. The molecular formula is C14H22N6O. The van der Waals surface area contributed by atoms with Crippen molar-refractivity contribution in [3.63, 3.8) is 0 Å². The molecule has 0 spiro atoms. The van der Waals surface area contributed by atoms with E-state index in [2.05, 4.69) is 31.3 Å². The van der Waals surface area contributed by atoms with Crippen LogP contribution in [0.3, 0.4) is 0 Å². The molecule has 0 aromatic carbocycles. The molecule has 4 aliphatic rings. The zero-order valence-electron chi connectivity index (χ0n) is 12.3. The average Bonchev–Trinajstić information content (AvgIpc) is 2.89. The van der Waals surface area contributed by atoms with Gasteiger partial charge in [-0.05, 0) is 63.2 Å². The molecule has 114 valence electrons. The van der Waals surface area contributed by atoms with Crippen molar-refractivity contribution >= 4 is 6.03 Å². The smallest absolute Gasteiger partial charge is 0.315 e. The van der Waals surface area contributed by atoms with Crippen molar-refractivity contribution in [1.82, 2.24) is 31.3 Å². The van der Waals surface area contributed by atoms with Gasteiger partial charge in [0.25, 0.3) is 0 Å². The van der Waals surface area contributed by atoms with Crippen molar-refractivity contribution in [3.05, 3.63) is 5.82 Å². The van der Waals surface area contributed by atoms with Gasteiger partial charge in [0, 0.05) is 5.54 Å². The minimum atomic E-state index is -0.238. The molecule has 4 aliphatic carbocycles. The van der Waals surface area contributed by atoms with Crippen molar-refractivity contribution in [1.29, 1.82) is 0 Å². The van der Waals surface area contributed by atoms with Gasteiger partial charge in [0.05, 0.1) is 6.04 Å². The van der Waals surface area contributed by atoms with E-state index in [0.717, 1.165) is 37.0 Å². The molecule has 7 nitrogen and oxygen atoms in total. The Morgan fingerprint density at radius 3 is 2.38 bits per heavy atom. The molecular weight excluding hydrogens is 268 g/mol. The molecule has 1 aromatic heterocycles. The van der Waals surface area contributed by atoms with Crippen LogP contribution in [-0.4, -0.2) is 32.2 Å². The van der Waals surface area contributed by atoms with Crippen molar-refractivity contribution in [2.45, 2.75) is 57.0 Å². The summed E-state index contributed by atoms with van der Waals surface area (Å²) in [6.45, 7) is 1.87. The molecule has 4 bridgehead atoms. The molecule has 2 amide bonds. The summed E-state index contributed by atoms with van der Waals surface area (Å²) in [5.74, 6) is 2.99. The van der Waals surface area contributed by atoms with Crippen LogP contribution in [0.4, 0.5) is 4.79 Å². The standard InChI is InChI=1S/C14H22N6O/c1-8(12-17-19-20-18-12)15-13(21)16-14-5-9-2-10(6-14)4-11(3-9)7-14/h8-11H,2-7H2,1H3,(H2,15,16,21)(H,17,18,19,20). The van der Waals surface area contributed by atoms with E-state index >= 15 is 0 Å². The van der Waals surface area contributed by atoms with Gasteiger partial charge in [-0.15, -0.1) is 10.2 Å². The Labute approximate surface area is 123 Å². The van der Waals surface area contributed by atoms with E-state index in [1.165, 1.54) is 19.3 Å². The van der Waals surface area contributed by atoms with Crippen LogP contribution in [0.15, 0.2) is 0 Å². The zero-order valence-corrected chi connectivity index (χ0v) is 12.3. The highest BCUT2D eigenvalue weighted by Crippen LogP contribution is 2.55. The molecule has 1 heterocycles. The first-order valence-electron chi connectivity index (χ1n) is 7.94. The summed E-state index contributed by atoms with van der Waals surface area (Å²) in [5.41, 5.74) is 0.0375. The first kappa shape index (κ1) is 13.0. The number of amides is 2. The molecule has 4 fully saturated rings. The molecule has 1 atom stereocenters. The number of tetrazole rings is 1. The number of rotatable bonds is 3. The minimum Gasteiger partial charge on any atom is -0.333 e. The van der Waals surface area contributed by atoms with Gasteiger partial charge in [-0.3, -0.25) is 0 Å². The average molecular weight is 290 g/mol. The highest BCUT2D eigenvalue weighted by molar-refractivity contribution is 5.75. The predicted octanol–water partition coefficient (Wildman–Crippen LogP) is 1.53. The lowest BCUT2D eigenvalue weighted by atomic mass is 9.53. The highest BCUT2D eigenvalue weighted by atomic mass is 16.2. The SMILES string of the molecule is CC(NC(=O)NC12CC3CC(CC(C3)C1)C2)c1nn[nH]n1. The van der Waals surface area contributed by atoms with Crippen molar-refractivity contribution in [2.75, 3.05) is 0 Å². The Balaban J connectivity index is 1.40. The van der Waals surface area contributed by atoms with Crippen molar-refractivity contribution in [2.24, 2.45) is 17.8 Å². The highest BCUT2D eigenvalue weighted by Gasteiger charge is 2.51. The minimum absolute atomic E-state index is 0.0375. The number of H-pyrrole nitrogens is 1. The summed E-state index contributed by atoms with van der Waals surface area (Å²) >= 11 is 0. The van der Waals surface area contributed by atoms with Gasteiger partial charge in [-0.1, -0.05) is 5.21 Å². The maximum Gasteiger partial charge on any atom is 0.315 e. The van der Waals surface area contributed by atoms with E-state index in [-0.39, 0.29) is 17.6 Å². The summed E-state index contributed by atoms with van der Waals surface area (Å²) < 4.78 is 0. The summed E-state index contributed by atoms with van der Waals surface area (Å²) in [6, 6.07) is -0.341. The molecule has 1 unspecified atom stereocenters. The number of hydrogen-bond donors (Lipinski definition) is 3. The zero-order chi connectivity index (χ0) is 14.4. The molecule has 1 aromatic rings. The third kappa shape index (κ3) is 2.38. The first-order chi connectivity index (χ1) is 10.1. The van der Waals surface area contributed by atoms with E-state index in [1.807, 2.05) is 6.92 Å². The number of carbonyl (C=O) groups excluding carboxylic acids is 1. The van der Waals surface area contributed by atoms with Crippen LogP contribution in [0.25, 0.3) is 0 Å². The third-order valence-corrected chi connectivity index (χ3v) is 5.51. The van der Waals surface area contributed by atoms with E-state index in [0.29, 0.717) is 5.82 Å². The van der Waals surface area contributed by atoms with Crippen LogP contribution >= 0.6 is 0 Å². The number of nitrogens with one attached hydrogen (secondary N) is 3. The monoisotopic (exact) mass is 290 g/mol. The first-order valence-corrected chi connectivity index (χ1v) is 7.94. The van der Waals surface area contributed by atoms with Crippen LogP contribution in [0.2, 0.25) is 0 Å². The second-order valence-electron chi connectivity index (χ2n) is 7.29. The molecule has 7 heteroatoms. The maximum atomic E-state index is 12.3. The van der Waals surface area contributed by atoms with Gasteiger partial charge >= 0.3 is 6.03 Å². The lowest BCUT2D eigenvalue weighted by Gasteiger charge is -2.56. The number of carbonyl (C=O) groups is 1. The van der Waals surface area contributed by atoms with Crippen LogP contribution in [-0.2, 0) is 0 Å². The Morgan fingerprint density at radius 1 is 1.24 bits per heavy atom. The number of hydrogen-bond acceptors (Lipinski definition) is 4. The van der Waals surface area contributed by atoms with Crippen LogP contribution in [0.5, 0.6) is 0 Å². The van der Waals surface area contributed by atoms with Gasteiger partial charge in [-0.2, -0.15) is 5.21 Å². The summed E-state index contributed by atoms with van der Waals surface area (Å²) in [5, 5.41) is 19.9. The van der Waals surface area contributed by atoms with E-state index in [1.54, 1.807) is 0 Å². The molecule has 4 saturated carbocycles. The second-order valence-corrected chi connectivity index (χ2v) is 7.29. The predicted molar refractivity (Wildman–Crippen MR) is 75.2 cm³/mol. The topological polar surface area (TPSA) is 95.6 Å². The van der Waals surface area contributed by atoms with E-state index in [4.69, 9.17) is 0 Å². The number of nitrogens with zero attached hydrogens (tertiary/aromatic N) is 3. The normalized spacial score (nSPS) is 38.2. The fourth-order valence-corrected chi connectivity index (χ4v) is 5.15. The maximum absolute atomic E-state index is 12.3. The Bertz CT molecular complexity index is 492. The molecule has 0 saturated heterocycles. The second kappa shape index (κ2) is 4.68. The summed E-state index contributed by atoms with van der Waals surface area (Å²) in [4.78, 5) is 12.3. The van der Waals surface area contributed by atoms with Gasteiger partial charge in [0.15, 0.2) is 5.82 Å². The lowest BCUT2D eigenvalue weighted by molar-refractivity contribution is -0.0136. The van der Waals surface area contributed by atoms with Crippen LogP contribution in [0, 0.1) is 17.8 Å². The number of aromatic nitrogens is 4. The van der Waals surface area contributed by atoms with E-state index in [9.17, 15) is 4.79 Å². The van der Waals surface area contributed by atoms with Crippen molar-refractivity contribution < 1.29 is 4.79 Å². The quantitative estimate of drug-likeness (QED) is 0.786.